The maximum absolute atomic E-state index is 12.5. The van der Waals surface area contributed by atoms with Crippen LogP contribution in [0.1, 0.15) is 16.1 Å². The third kappa shape index (κ3) is 3.05. The van der Waals surface area contributed by atoms with E-state index in [4.69, 9.17) is 9.15 Å². The van der Waals surface area contributed by atoms with E-state index in [0.29, 0.717) is 43.8 Å². The first-order valence-electron chi connectivity index (χ1n) is 8.43. The van der Waals surface area contributed by atoms with Gasteiger partial charge in [0, 0.05) is 32.2 Å². The van der Waals surface area contributed by atoms with Crippen molar-refractivity contribution in [2.45, 2.75) is 6.92 Å². The minimum absolute atomic E-state index is 0.131. The lowest BCUT2D eigenvalue weighted by atomic mass is 10.2. The van der Waals surface area contributed by atoms with E-state index in [1.165, 1.54) is 7.11 Å². The molecule has 8 heteroatoms. The number of oxazole rings is 1. The number of rotatable bonds is 3. The monoisotopic (exact) mass is 353 g/mol. The first kappa shape index (κ1) is 16.3. The Bertz CT molecular complexity index is 930. The van der Waals surface area contributed by atoms with Crippen LogP contribution in [0.15, 0.2) is 34.7 Å². The third-order valence-corrected chi connectivity index (χ3v) is 4.44. The first-order valence-corrected chi connectivity index (χ1v) is 8.43. The second-order valence-electron chi connectivity index (χ2n) is 6.21. The van der Waals surface area contributed by atoms with Gasteiger partial charge < -0.3 is 19.0 Å². The number of benzene rings is 1. The van der Waals surface area contributed by atoms with Gasteiger partial charge in [0.15, 0.2) is 11.3 Å². The number of anilines is 1. The van der Waals surface area contributed by atoms with Gasteiger partial charge in [0.2, 0.25) is 5.88 Å². The van der Waals surface area contributed by atoms with Gasteiger partial charge in [0.05, 0.1) is 7.11 Å². The number of hydrogen-bond acceptors (Lipinski definition) is 7. The van der Waals surface area contributed by atoms with E-state index in [1.54, 1.807) is 17.0 Å². The first-order chi connectivity index (χ1) is 12.6. The molecule has 3 aromatic rings. The van der Waals surface area contributed by atoms with Crippen molar-refractivity contribution in [1.82, 2.24) is 20.1 Å². The van der Waals surface area contributed by atoms with Crippen LogP contribution in [0.2, 0.25) is 0 Å². The van der Waals surface area contributed by atoms with Crippen molar-refractivity contribution in [2.75, 3.05) is 38.2 Å². The van der Waals surface area contributed by atoms with E-state index in [0.717, 1.165) is 16.7 Å². The van der Waals surface area contributed by atoms with Crippen LogP contribution in [-0.4, -0.2) is 59.3 Å². The smallest absolute Gasteiger partial charge is 0.298 e. The van der Waals surface area contributed by atoms with E-state index < -0.39 is 0 Å². The number of amides is 1. The Labute approximate surface area is 150 Å². The molecular formula is C18H19N5O3. The molecule has 134 valence electrons. The second-order valence-corrected chi connectivity index (χ2v) is 6.21. The number of hydrogen-bond donors (Lipinski definition) is 0. The number of aryl methyl sites for hydroxylation is 1. The summed E-state index contributed by atoms with van der Waals surface area (Å²) in [5.74, 6) is 0.255. The summed E-state index contributed by atoms with van der Waals surface area (Å²) in [6.45, 7) is 4.48. The molecule has 1 fully saturated rings. The number of piperazine rings is 1. The van der Waals surface area contributed by atoms with Crippen LogP contribution in [0.5, 0.6) is 5.88 Å². The van der Waals surface area contributed by atoms with E-state index in [-0.39, 0.29) is 5.91 Å². The maximum atomic E-state index is 12.5. The van der Waals surface area contributed by atoms with Crippen LogP contribution in [-0.2, 0) is 0 Å². The Morgan fingerprint density at radius 2 is 1.92 bits per heavy atom. The van der Waals surface area contributed by atoms with Crippen LogP contribution in [0.4, 0.5) is 6.01 Å². The summed E-state index contributed by atoms with van der Waals surface area (Å²) < 4.78 is 10.8. The lowest BCUT2D eigenvalue weighted by molar-refractivity contribution is 0.0737. The zero-order chi connectivity index (χ0) is 18.1. The lowest BCUT2D eigenvalue weighted by Crippen LogP contribution is -2.49. The molecule has 1 saturated heterocycles. The van der Waals surface area contributed by atoms with E-state index >= 15 is 0 Å². The van der Waals surface area contributed by atoms with E-state index in [2.05, 4.69) is 20.1 Å². The summed E-state index contributed by atoms with van der Waals surface area (Å²) >= 11 is 0. The van der Waals surface area contributed by atoms with Crippen molar-refractivity contribution in [3.8, 4) is 5.88 Å². The Kier molecular flexibility index (Phi) is 4.16. The summed E-state index contributed by atoms with van der Waals surface area (Å²) in [6, 6.07) is 9.81. The number of carbonyl (C=O) groups excluding carboxylic acids is 1. The molecule has 8 nitrogen and oxygen atoms in total. The largest absolute Gasteiger partial charge is 0.480 e. The molecule has 1 aliphatic heterocycles. The van der Waals surface area contributed by atoms with Crippen molar-refractivity contribution in [3.05, 3.63) is 41.6 Å². The molecule has 0 spiro atoms. The average Bonchev–Trinajstić information content (AvgIpc) is 3.11. The lowest BCUT2D eigenvalue weighted by Gasteiger charge is -2.33. The predicted octanol–water partition coefficient (Wildman–Crippen LogP) is 1.90. The fourth-order valence-corrected chi connectivity index (χ4v) is 2.97. The highest BCUT2D eigenvalue weighted by Crippen LogP contribution is 2.24. The quantitative estimate of drug-likeness (QED) is 0.711. The van der Waals surface area contributed by atoms with Crippen LogP contribution in [0.25, 0.3) is 11.1 Å². The number of carbonyl (C=O) groups is 1. The van der Waals surface area contributed by atoms with E-state index in [1.807, 2.05) is 25.1 Å². The van der Waals surface area contributed by atoms with Gasteiger partial charge in [-0.2, -0.15) is 4.98 Å². The Balaban J connectivity index is 1.43. The molecule has 1 aliphatic rings. The Morgan fingerprint density at radius 1 is 1.12 bits per heavy atom. The topological polar surface area (TPSA) is 84.6 Å². The highest BCUT2D eigenvalue weighted by molar-refractivity contribution is 5.92. The van der Waals surface area contributed by atoms with E-state index in [9.17, 15) is 4.79 Å². The fourth-order valence-electron chi connectivity index (χ4n) is 2.97. The fraction of sp³-hybridized carbons (Fsp3) is 0.333. The molecule has 3 heterocycles. The molecule has 26 heavy (non-hydrogen) atoms. The van der Waals surface area contributed by atoms with Gasteiger partial charge >= 0.3 is 0 Å². The molecule has 0 aliphatic carbocycles. The van der Waals surface area contributed by atoms with Crippen molar-refractivity contribution >= 4 is 23.0 Å². The normalized spacial score (nSPS) is 14.7. The van der Waals surface area contributed by atoms with Gasteiger partial charge in [0.1, 0.15) is 5.52 Å². The minimum atomic E-state index is -0.131. The highest BCUT2D eigenvalue weighted by atomic mass is 16.5. The van der Waals surface area contributed by atoms with Crippen molar-refractivity contribution < 1.29 is 13.9 Å². The number of ether oxygens (including phenoxy) is 1. The Morgan fingerprint density at radius 3 is 2.62 bits per heavy atom. The van der Waals surface area contributed by atoms with Crippen LogP contribution in [0.3, 0.4) is 0 Å². The van der Waals surface area contributed by atoms with Crippen molar-refractivity contribution in [3.63, 3.8) is 0 Å². The molecule has 2 aromatic heterocycles. The van der Waals surface area contributed by atoms with Gasteiger partial charge in [-0.1, -0.05) is 6.07 Å². The minimum Gasteiger partial charge on any atom is -0.480 e. The molecule has 0 unspecified atom stereocenters. The maximum Gasteiger partial charge on any atom is 0.298 e. The Hall–Kier alpha value is -3.16. The molecule has 0 bridgehead atoms. The average molecular weight is 353 g/mol. The number of fused-ring (bicyclic) bond motifs is 1. The molecule has 0 saturated carbocycles. The number of aromatic nitrogens is 3. The van der Waals surface area contributed by atoms with Gasteiger partial charge in [-0.15, -0.1) is 10.2 Å². The number of nitrogens with zero attached hydrogens (tertiary/aromatic N) is 5. The standard InChI is InChI=1S/C18H19N5O3/c1-12-3-5-15-14(11-12)19-18(26-15)23-9-7-22(8-10-23)17(24)13-4-6-16(25-2)21-20-13/h3-6,11H,7-10H2,1-2H3. The van der Waals surface area contributed by atoms with Crippen LogP contribution < -0.4 is 9.64 Å². The molecule has 4 rings (SSSR count). The van der Waals surface area contributed by atoms with Crippen LogP contribution in [0, 0.1) is 6.92 Å². The molecular weight excluding hydrogens is 334 g/mol. The van der Waals surface area contributed by atoms with Crippen LogP contribution >= 0.6 is 0 Å². The van der Waals surface area contributed by atoms with Gasteiger partial charge in [-0.3, -0.25) is 4.79 Å². The van der Waals surface area contributed by atoms with Crippen molar-refractivity contribution in [2.24, 2.45) is 0 Å². The second kappa shape index (κ2) is 6.62. The zero-order valence-electron chi connectivity index (χ0n) is 14.7. The zero-order valence-corrected chi connectivity index (χ0v) is 14.7. The molecule has 0 N–H and O–H groups in total. The molecule has 0 atom stereocenters. The SMILES string of the molecule is COc1ccc(C(=O)N2CCN(c3nc4cc(C)ccc4o3)CC2)nn1. The molecule has 1 aromatic carbocycles. The molecule has 1 amide bonds. The summed E-state index contributed by atoms with van der Waals surface area (Å²) in [6.07, 6.45) is 0. The predicted molar refractivity (Wildman–Crippen MR) is 95.4 cm³/mol. The third-order valence-electron chi connectivity index (χ3n) is 4.44. The summed E-state index contributed by atoms with van der Waals surface area (Å²) in [5.41, 5.74) is 3.09. The molecule has 0 radical (unpaired) electrons. The van der Waals surface area contributed by atoms with Gasteiger partial charge in [0.25, 0.3) is 11.9 Å². The summed E-state index contributed by atoms with van der Waals surface area (Å²) in [5, 5.41) is 7.78. The van der Waals surface area contributed by atoms with Gasteiger partial charge in [-0.25, -0.2) is 0 Å². The summed E-state index contributed by atoms with van der Waals surface area (Å²) in [4.78, 5) is 20.9. The summed E-state index contributed by atoms with van der Waals surface area (Å²) in [7, 11) is 1.51. The highest BCUT2D eigenvalue weighted by Gasteiger charge is 2.25. The van der Waals surface area contributed by atoms with Crippen molar-refractivity contribution in [1.29, 1.82) is 0 Å². The number of methoxy groups -OCH3 is 1. The van der Waals surface area contributed by atoms with Gasteiger partial charge in [-0.05, 0) is 30.7 Å².